The number of rotatable bonds is 9. The Hall–Kier alpha value is -2.48. The van der Waals surface area contributed by atoms with Gasteiger partial charge in [-0.3, -0.25) is 9.59 Å². The first-order valence-electron chi connectivity index (χ1n) is 9.40. The van der Waals surface area contributed by atoms with Crippen molar-refractivity contribution in [2.45, 2.75) is 25.7 Å². The lowest BCUT2D eigenvalue weighted by Gasteiger charge is -2.05. The van der Waals surface area contributed by atoms with Gasteiger partial charge in [-0.15, -0.1) is 10.2 Å². The zero-order chi connectivity index (χ0) is 21.3. The van der Waals surface area contributed by atoms with E-state index in [4.69, 9.17) is 23.2 Å². The van der Waals surface area contributed by atoms with Crippen LogP contribution in [0.3, 0.4) is 0 Å². The molecule has 0 unspecified atom stereocenters. The fourth-order valence-corrected chi connectivity index (χ4v) is 3.78. The number of amides is 2. The largest absolute Gasteiger partial charge is 0.356 e. The predicted molar refractivity (Wildman–Crippen MR) is 120 cm³/mol. The number of hydrogen-bond acceptors (Lipinski definition) is 5. The van der Waals surface area contributed by atoms with E-state index in [2.05, 4.69) is 20.8 Å². The molecule has 0 spiro atoms. The van der Waals surface area contributed by atoms with Crippen LogP contribution < -0.4 is 10.6 Å². The third-order valence-electron chi connectivity index (χ3n) is 4.19. The summed E-state index contributed by atoms with van der Waals surface area (Å²) >= 11 is 13.0. The van der Waals surface area contributed by atoms with Gasteiger partial charge in [-0.25, -0.2) is 0 Å². The Morgan fingerprint density at radius 1 is 0.967 bits per heavy atom. The molecule has 2 aromatic carbocycles. The van der Waals surface area contributed by atoms with Crippen molar-refractivity contribution in [1.82, 2.24) is 15.5 Å². The second-order valence-corrected chi connectivity index (χ2v) is 8.48. The number of halogens is 2. The average molecular weight is 463 g/mol. The van der Waals surface area contributed by atoms with E-state index in [9.17, 15) is 9.59 Å². The molecular formula is C21H20Cl2N4O2S. The number of anilines is 1. The second kappa shape index (κ2) is 11.1. The predicted octanol–water partition coefficient (Wildman–Crippen LogP) is 4.78. The highest BCUT2D eigenvalue weighted by Crippen LogP contribution is 2.18. The lowest BCUT2D eigenvalue weighted by atomic mass is 10.1. The minimum absolute atomic E-state index is 0.00704. The molecule has 2 amide bonds. The first-order chi connectivity index (χ1) is 14.5. The quantitative estimate of drug-likeness (QED) is 0.479. The number of benzene rings is 2. The van der Waals surface area contributed by atoms with Crippen molar-refractivity contribution in [1.29, 1.82) is 0 Å². The Kier molecular flexibility index (Phi) is 8.19. The van der Waals surface area contributed by atoms with Crippen LogP contribution in [0.15, 0.2) is 48.5 Å². The fraction of sp³-hybridized carbons (Fsp3) is 0.238. The van der Waals surface area contributed by atoms with Gasteiger partial charge in [0, 0.05) is 35.1 Å². The lowest BCUT2D eigenvalue weighted by Crippen LogP contribution is -2.25. The van der Waals surface area contributed by atoms with Gasteiger partial charge in [0.1, 0.15) is 5.01 Å². The molecule has 0 atom stereocenters. The third kappa shape index (κ3) is 7.09. The molecule has 156 valence electrons. The molecule has 1 aromatic heterocycles. The smallest absolute Gasteiger partial charge is 0.286 e. The standard InChI is InChI=1S/C21H20Cl2N4O2S/c22-15-9-7-14(8-10-15)11-12-24-18(28)5-2-6-19-26-27-21(30-19)20(29)25-17-4-1-3-16(23)13-17/h1,3-4,7-10,13H,2,5-6,11-12H2,(H,24,28)(H,25,29). The van der Waals surface area contributed by atoms with Crippen LogP contribution in [-0.4, -0.2) is 28.6 Å². The van der Waals surface area contributed by atoms with Crippen molar-refractivity contribution in [3.8, 4) is 0 Å². The maximum atomic E-state index is 12.3. The lowest BCUT2D eigenvalue weighted by molar-refractivity contribution is -0.121. The number of hydrogen-bond donors (Lipinski definition) is 2. The summed E-state index contributed by atoms with van der Waals surface area (Å²) in [5.41, 5.74) is 1.72. The van der Waals surface area contributed by atoms with Crippen LogP contribution in [0.1, 0.15) is 33.2 Å². The van der Waals surface area contributed by atoms with Gasteiger partial charge in [0.2, 0.25) is 10.9 Å². The molecule has 0 radical (unpaired) electrons. The number of aryl methyl sites for hydroxylation is 1. The SMILES string of the molecule is O=C(CCCc1nnc(C(=O)Nc2cccc(Cl)c2)s1)NCCc1ccc(Cl)cc1. The number of carbonyl (C=O) groups is 2. The van der Waals surface area contributed by atoms with Crippen molar-refractivity contribution in [3.05, 3.63) is 74.2 Å². The van der Waals surface area contributed by atoms with E-state index in [1.807, 2.05) is 24.3 Å². The molecule has 0 saturated heterocycles. The van der Waals surface area contributed by atoms with Gasteiger partial charge in [-0.05, 0) is 48.7 Å². The van der Waals surface area contributed by atoms with Crippen molar-refractivity contribution in [3.63, 3.8) is 0 Å². The zero-order valence-corrected chi connectivity index (χ0v) is 18.4. The summed E-state index contributed by atoms with van der Waals surface area (Å²) in [5.74, 6) is -0.339. The molecule has 3 aromatic rings. The van der Waals surface area contributed by atoms with E-state index >= 15 is 0 Å². The van der Waals surface area contributed by atoms with E-state index in [0.29, 0.717) is 41.5 Å². The van der Waals surface area contributed by atoms with Crippen LogP contribution in [0.25, 0.3) is 0 Å². The summed E-state index contributed by atoms with van der Waals surface area (Å²) in [4.78, 5) is 24.2. The van der Waals surface area contributed by atoms with Gasteiger partial charge in [-0.1, -0.05) is 52.7 Å². The van der Waals surface area contributed by atoms with Crippen LogP contribution in [0.2, 0.25) is 10.0 Å². The monoisotopic (exact) mass is 462 g/mol. The van der Waals surface area contributed by atoms with Crippen molar-refractivity contribution >= 4 is 52.0 Å². The molecule has 0 saturated carbocycles. The van der Waals surface area contributed by atoms with Crippen LogP contribution in [0, 0.1) is 0 Å². The van der Waals surface area contributed by atoms with Crippen LogP contribution in [0.4, 0.5) is 5.69 Å². The molecule has 1 heterocycles. The summed E-state index contributed by atoms with van der Waals surface area (Å²) in [6, 6.07) is 14.5. The maximum Gasteiger partial charge on any atom is 0.286 e. The van der Waals surface area contributed by atoms with Gasteiger partial charge in [0.05, 0.1) is 0 Å². The first kappa shape index (κ1) is 22.2. The van der Waals surface area contributed by atoms with E-state index in [1.165, 1.54) is 11.3 Å². The minimum atomic E-state index is -0.332. The summed E-state index contributed by atoms with van der Waals surface area (Å²) in [6.45, 7) is 0.576. The molecule has 0 aliphatic heterocycles. The van der Waals surface area contributed by atoms with Crippen LogP contribution in [-0.2, 0) is 17.6 Å². The zero-order valence-electron chi connectivity index (χ0n) is 16.0. The minimum Gasteiger partial charge on any atom is -0.356 e. The highest BCUT2D eigenvalue weighted by molar-refractivity contribution is 7.13. The molecule has 30 heavy (non-hydrogen) atoms. The van der Waals surface area contributed by atoms with Crippen molar-refractivity contribution in [2.24, 2.45) is 0 Å². The molecule has 6 nitrogen and oxygen atoms in total. The fourth-order valence-electron chi connectivity index (χ4n) is 2.68. The summed E-state index contributed by atoms with van der Waals surface area (Å²) in [6.07, 6.45) is 2.37. The van der Waals surface area contributed by atoms with Crippen molar-refractivity contribution in [2.75, 3.05) is 11.9 Å². The molecule has 0 fully saturated rings. The molecule has 9 heteroatoms. The van der Waals surface area contributed by atoms with E-state index < -0.39 is 0 Å². The molecular weight excluding hydrogens is 443 g/mol. The Bertz CT molecular complexity index is 1010. The molecule has 0 aliphatic carbocycles. The molecule has 3 rings (SSSR count). The maximum absolute atomic E-state index is 12.3. The molecule has 0 aliphatic rings. The third-order valence-corrected chi connectivity index (χ3v) is 5.66. The Balaban J connectivity index is 1.37. The Morgan fingerprint density at radius 2 is 1.77 bits per heavy atom. The topological polar surface area (TPSA) is 84.0 Å². The van der Waals surface area contributed by atoms with Crippen molar-refractivity contribution < 1.29 is 9.59 Å². The summed E-state index contributed by atoms with van der Waals surface area (Å²) in [5, 5.41) is 15.9. The number of aromatic nitrogens is 2. The second-order valence-electron chi connectivity index (χ2n) is 6.55. The van der Waals surface area contributed by atoms with E-state index in [0.717, 1.165) is 17.0 Å². The highest BCUT2D eigenvalue weighted by atomic mass is 35.5. The Morgan fingerprint density at radius 3 is 2.53 bits per heavy atom. The highest BCUT2D eigenvalue weighted by Gasteiger charge is 2.13. The van der Waals surface area contributed by atoms with Crippen LogP contribution in [0.5, 0.6) is 0 Å². The summed E-state index contributed by atoms with van der Waals surface area (Å²) < 4.78 is 0. The number of carbonyl (C=O) groups excluding carboxylic acids is 2. The molecule has 0 bridgehead atoms. The average Bonchev–Trinajstić information content (AvgIpc) is 3.19. The number of nitrogens with zero attached hydrogens (tertiary/aromatic N) is 2. The van der Waals surface area contributed by atoms with Gasteiger partial charge in [0.15, 0.2) is 0 Å². The van der Waals surface area contributed by atoms with Gasteiger partial charge in [-0.2, -0.15) is 0 Å². The normalized spacial score (nSPS) is 10.6. The van der Waals surface area contributed by atoms with E-state index in [1.54, 1.807) is 24.3 Å². The van der Waals surface area contributed by atoms with Gasteiger partial charge < -0.3 is 10.6 Å². The first-order valence-corrected chi connectivity index (χ1v) is 11.0. The van der Waals surface area contributed by atoms with Gasteiger partial charge >= 0.3 is 0 Å². The van der Waals surface area contributed by atoms with Crippen LogP contribution >= 0.6 is 34.5 Å². The number of nitrogens with one attached hydrogen (secondary N) is 2. The van der Waals surface area contributed by atoms with E-state index in [-0.39, 0.29) is 16.8 Å². The summed E-state index contributed by atoms with van der Waals surface area (Å²) in [7, 11) is 0. The Labute approximate surface area is 188 Å². The molecule has 2 N–H and O–H groups in total. The van der Waals surface area contributed by atoms with Gasteiger partial charge in [0.25, 0.3) is 5.91 Å².